The second kappa shape index (κ2) is 10.8. The maximum Gasteiger partial charge on any atom is 0.422 e. The number of fused-ring (bicyclic) bond motifs is 1. The van der Waals surface area contributed by atoms with E-state index in [-0.39, 0.29) is 12.4 Å². The van der Waals surface area contributed by atoms with Crippen molar-refractivity contribution in [3.63, 3.8) is 0 Å². The first-order chi connectivity index (χ1) is 15.4. The van der Waals surface area contributed by atoms with Gasteiger partial charge in [0.15, 0.2) is 12.6 Å². The predicted molar refractivity (Wildman–Crippen MR) is 118 cm³/mol. The molecule has 172 valence electrons. The van der Waals surface area contributed by atoms with Crippen molar-refractivity contribution in [3.05, 3.63) is 54.0 Å². The molecule has 7 nitrogen and oxygen atoms in total. The van der Waals surface area contributed by atoms with Gasteiger partial charge in [0.05, 0.1) is 17.6 Å². The second-order valence-corrected chi connectivity index (χ2v) is 7.18. The van der Waals surface area contributed by atoms with E-state index in [4.69, 9.17) is 4.74 Å². The van der Waals surface area contributed by atoms with Crippen molar-refractivity contribution < 1.29 is 17.9 Å². The lowest BCUT2D eigenvalue weighted by Crippen LogP contribution is -2.38. The lowest BCUT2D eigenvalue weighted by molar-refractivity contribution is -0.154. The van der Waals surface area contributed by atoms with Gasteiger partial charge in [-0.25, -0.2) is 15.0 Å². The van der Waals surface area contributed by atoms with Crippen LogP contribution in [0.25, 0.3) is 11.0 Å². The summed E-state index contributed by atoms with van der Waals surface area (Å²) in [6, 6.07) is 11.2. The Hall–Kier alpha value is -3.30. The quantitative estimate of drug-likeness (QED) is 0.296. The number of rotatable bonds is 9. The summed E-state index contributed by atoms with van der Waals surface area (Å²) in [5.41, 5.74) is 2.81. The first kappa shape index (κ1) is 23.4. The minimum absolute atomic E-state index is 0.0732. The molecule has 0 aliphatic heterocycles. The molecule has 0 aliphatic rings. The number of hydrogen-bond acceptors (Lipinski definition) is 4. The highest BCUT2D eigenvalue weighted by Crippen LogP contribution is 2.18. The van der Waals surface area contributed by atoms with Crippen LogP contribution in [0.1, 0.15) is 24.7 Å². The van der Waals surface area contributed by atoms with E-state index in [0.717, 1.165) is 29.8 Å². The van der Waals surface area contributed by atoms with Crippen LogP contribution < -0.4 is 15.4 Å². The monoisotopic (exact) mass is 448 g/mol. The fourth-order valence-electron chi connectivity index (χ4n) is 3.22. The maximum absolute atomic E-state index is 12.3. The number of ether oxygens (including phenoxy) is 1. The SMILES string of the molecule is CCNC(=NCc1ccnc(OCC(F)(F)F)c1)NCCCn1c(C)nc2ccccc21. The number of aryl methyl sites for hydroxylation is 2. The van der Waals surface area contributed by atoms with Crippen LogP contribution in [-0.4, -0.2) is 46.4 Å². The van der Waals surface area contributed by atoms with Gasteiger partial charge in [-0.1, -0.05) is 12.1 Å². The summed E-state index contributed by atoms with van der Waals surface area (Å²) in [5.74, 6) is 1.54. The van der Waals surface area contributed by atoms with Gasteiger partial charge in [-0.3, -0.25) is 0 Å². The molecule has 0 aliphatic carbocycles. The average Bonchev–Trinajstić information content (AvgIpc) is 3.08. The fourth-order valence-corrected chi connectivity index (χ4v) is 3.22. The van der Waals surface area contributed by atoms with Gasteiger partial charge < -0.3 is 19.9 Å². The standard InChI is InChI=1S/C22H27F3N6O/c1-3-26-21(29-14-17-9-11-27-20(13-17)32-15-22(23,24)25)28-10-6-12-31-16(2)30-18-7-4-5-8-19(18)31/h4-5,7-9,11,13H,3,6,10,12,14-15H2,1-2H3,(H2,26,28,29). The summed E-state index contributed by atoms with van der Waals surface area (Å²) in [6.07, 6.45) is -2.12. The Balaban J connectivity index is 1.53. The third-order valence-electron chi connectivity index (χ3n) is 4.64. The number of imidazole rings is 1. The molecule has 0 fully saturated rings. The molecule has 0 unspecified atom stereocenters. The molecule has 3 rings (SSSR count). The fraction of sp³-hybridized carbons (Fsp3) is 0.409. The minimum atomic E-state index is -4.40. The summed E-state index contributed by atoms with van der Waals surface area (Å²) in [5, 5.41) is 6.46. The van der Waals surface area contributed by atoms with Gasteiger partial charge in [0, 0.05) is 31.9 Å². The maximum atomic E-state index is 12.3. The van der Waals surface area contributed by atoms with Crippen molar-refractivity contribution in [2.24, 2.45) is 4.99 Å². The zero-order chi connectivity index (χ0) is 23.0. The van der Waals surface area contributed by atoms with E-state index < -0.39 is 12.8 Å². The number of hydrogen-bond donors (Lipinski definition) is 2. The molecule has 1 aromatic carbocycles. The third-order valence-corrected chi connectivity index (χ3v) is 4.64. The summed E-state index contributed by atoms with van der Waals surface area (Å²) in [4.78, 5) is 12.9. The van der Waals surface area contributed by atoms with Crippen molar-refractivity contribution in [1.29, 1.82) is 0 Å². The lowest BCUT2D eigenvalue weighted by atomic mass is 10.3. The molecule has 2 aromatic heterocycles. The topological polar surface area (TPSA) is 76.4 Å². The van der Waals surface area contributed by atoms with Gasteiger partial charge in [-0.05, 0) is 44.0 Å². The van der Waals surface area contributed by atoms with Crippen LogP contribution in [0, 0.1) is 6.92 Å². The molecule has 32 heavy (non-hydrogen) atoms. The van der Waals surface area contributed by atoms with E-state index in [2.05, 4.69) is 36.2 Å². The number of alkyl halides is 3. The number of nitrogens with one attached hydrogen (secondary N) is 2. The first-order valence-corrected chi connectivity index (χ1v) is 10.4. The highest BCUT2D eigenvalue weighted by Gasteiger charge is 2.28. The van der Waals surface area contributed by atoms with E-state index in [0.29, 0.717) is 24.6 Å². The number of aliphatic imine (C=N–C) groups is 1. The van der Waals surface area contributed by atoms with Gasteiger partial charge in [0.2, 0.25) is 5.88 Å². The Morgan fingerprint density at radius 1 is 1.19 bits per heavy atom. The molecule has 0 spiro atoms. The van der Waals surface area contributed by atoms with Gasteiger partial charge >= 0.3 is 6.18 Å². The summed E-state index contributed by atoms with van der Waals surface area (Å²) >= 11 is 0. The first-order valence-electron chi connectivity index (χ1n) is 10.4. The smallest absolute Gasteiger partial charge is 0.422 e. The molecular weight excluding hydrogens is 421 g/mol. The molecule has 0 bridgehead atoms. The van der Waals surface area contributed by atoms with Gasteiger partial charge in [0.1, 0.15) is 5.82 Å². The second-order valence-electron chi connectivity index (χ2n) is 7.18. The van der Waals surface area contributed by atoms with Crippen LogP contribution in [0.3, 0.4) is 0 Å². The minimum Gasteiger partial charge on any atom is -0.468 e. The Morgan fingerprint density at radius 3 is 2.78 bits per heavy atom. The summed E-state index contributed by atoms with van der Waals surface area (Å²) in [7, 11) is 0. The number of para-hydroxylation sites is 2. The van der Waals surface area contributed by atoms with E-state index in [1.165, 1.54) is 12.3 Å². The molecule has 0 atom stereocenters. The zero-order valence-corrected chi connectivity index (χ0v) is 18.1. The van der Waals surface area contributed by atoms with Crippen molar-refractivity contribution >= 4 is 17.0 Å². The molecule has 0 radical (unpaired) electrons. The highest BCUT2D eigenvalue weighted by atomic mass is 19.4. The Morgan fingerprint density at radius 2 is 2.00 bits per heavy atom. The van der Waals surface area contributed by atoms with Crippen molar-refractivity contribution in [2.75, 3.05) is 19.7 Å². The zero-order valence-electron chi connectivity index (χ0n) is 18.1. The van der Waals surface area contributed by atoms with Crippen LogP contribution in [0.15, 0.2) is 47.6 Å². The normalized spacial score (nSPS) is 12.2. The van der Waals surface area contributed by atoms with Crippen LogP contribution in [-0.2, 0) is 13.1 Å². The third kappa shape index (κ3) is 6.86. The lowest BCUT2D eigenvalue weighted by Gasteiger charge is -2.12. The summed E-state index contributed by atoms with van der Waals surface area (Å²) in [6.45, 7) is 5.09. The molecule has 0 amide bonds. The Labute approximate surface area is 184 Å². The largest absolute Gasteiger partial charge is 0.468 e. The van der Waals surface area contributed by atoms with Gasteiger partial charge in [0.25, 0.3) is 0 Å². The summed E-state index contributed by atoms with van der Waals surface area (Å²) < 4.78 is 43.9. The molecule has 2 heterocycles. The number of pyridine rings is 1. The molecular formula is C22H27F3N6O. The van der Waals surface area contributed by atoms with Crippen molar-refractivity contribution in [3.8, 4) is 5.88 Å². The molecule has 3 aromatic rings. The van der Waals surface area contributed by atoms with Gasteiger partial charge in [-0.2, -0.15) is 13.2 Å². The predicted octanol–water partition coefficient (Wildman–Crippen LogP) is 3.83. The highest BCUT2D eigenvalue weighted by molar-refractivity contribution is 5.79. The number of benzene rings is 1. The number of aromatic nitrogens is 3. The molecule has 0 saturated carbocycles. The molecule has 2 N–H and O–H groups in total. The Bertz CT molecular complexity index is 1050. The van der Waals surface area contributed by atoms with E-state index in [1.54, 1.807) is 6.07 Å². The van der Waals surface area contributed by atoms with Crippen LogP contribution in [0.4, 0.5) is 13.2 Å². The average molecular weight is 448 g/mol. The molecule has 10 heteroatoms. The van der Waals surface area contributed by atoms with E-state index >= 15 is 0 Å². The Kier molecular flexibility index (Phi) is 7.91. The van der Waals surface area contributed by atoms with Crippen LogP contribution >= 0.6 is 0 Å². The van der Waals surface area contributed by atoms with E-state index in [9.17, 15) is 13.2 Å². The van der Waals surface area contributed by atoms with Crippen LogP contribution in [0.5, 0.6) is 5.88 Å². The van der Waals surface area contributed by atoms with E-state index in [1.807, 2.05) is 32.0 Å². The molecule has 0 saturated heterocycles. The number of halogens is 3. The van der Waals surface area contributed by atoms with Crippen LogP contribution in [0.2, 0.25) is 0 Å². The number of guanidine groups is 1. The van der Waals surface area contributed by atoms with Crippen molar-refractivity contribution in [1.82, 2.24) is 25.2 Å². The van der Waals surface area contributed by atoms with Crippen molar-refractivity contribution in [2.45, 2.75) is 39.5 Å². The number of nitrogens with zero attached hydrogens (tertiary/aromatic N) is 4. The van der Waals surface area contributed by atoms with Gasteiger partial charge in [-0.15, -0.1) is 0 Å².